The van der Waals surface area contributed by atoms with Gasteiger partial charge in [0.1, 0.15) is 16.9 Å². The highest BCUT2D eigenvalue weighted by Gasteiger charge is 2.51. The second kappa shape index (κ2) is 11.0. The lowest BCUT2D eigenvalue weighted by molar-refractivity contribution is -0.143. The monoisotopic (exact) mass is 591 g/mol. The van der Waals surface area contributed by atoms with Crippen LogP contribution in [0, 0.1) is 5.82 Å². The molecule has 3 aromatic rings. The van der Waals surface area contributed by atoms with E-state index >= 15 is 4.39 Å². The van der Waals surface area contributed by atoms with Crippen LogP contribution in [0.25, 0.3) is 10.9 Å². The molecule has 216 valence electrons. The van der Waals surface area contributed by atoms with Crippen molar-refractivity contribution in [2.45, 2.75) is 45.5 Å². The highest BCUT2D eigenvalue weighted by atomic mass is 32.1. The van der Waals surface area contributed by atoms with Gasteiger partial charge in [-0.15, -0.1) is 0 Å². The van der Waals surface area contributed by atoms with E-state index in [1.165, 1.54) is 44.1 Å². The number of aryl methyl sites for hydroxylation is 1. The number of aliphatic imine (C=N–C) groups is 1. The normalized spacial score (nSPS) is 15.0. The molecular weight excluding hydrogens is 566 g/mol. The molecule has 1 aliphatic heterocycles. The minimum Gasteiger partial charge on any atom is -0.466 e. The quantitative estimate of drug-likeness (QED) is 0.156. The second-order valence-corrected chi connectivity index (χ2v) is 9.89. The fourth-order valence-electron chi connectivity index (χ4n) is 4.46. The number of fused-ring (bicyclic) bond motifs is 1. The van der Waals surface area contributed by atoms with Gasteiger partial charge in [-0.1, -0.05) is 13.0 Å². The minimum atomic E-state index is -4.73. The first-order chi connectivity index (χ1) is 19.2. The summed E-state index contributed by atoms with van der Waals surface area (Å²) in [4.78, 5) is 39.6. The van der Waals surface area contributed by atoms with Crippen LogP contribution in [0.1, 0.15) is 37.7 Å². The van der Waals surface area contributed by atoms with Crippen molar-refractivity contribution in [2.75, 3.05) is 23.5 Å². The zero-order chi connectivity index (χ0) is 30.3. The first kappa shape index (κ1) is 29.8. The molecule has 0 spiro atoms. The topological polar surface area (TPSA) is 97.2 Å². The lowest BCUT2D eigenvalue weighted by atomic mass is 10.0. The molecule has 4 rings (SSSR count). The lowest BCUT2D eigenvalue weighted by Crippen LogP contribution is -2.44. The van der Waals surface area contributed by atoms with Crippen LogP contribution in [0.5, 0.6) is 5.88 Å². The molecule has 0 bridgehead atoms. The van der Waals surface area contributed by atoms with Gasteiger partial charge in [0, 0.05) is 12.1 Å². The van der Waals surface area contributed by atoms with Gasteiger partial charge < -0.3 is 14.4 Å². The lowest BCUT2D eigenvalue weighted by Gasteiger charge is -2.29. The number of halogens is 4. The van der Waals surface area contributed by atoms with Gasteiger partial charge in [-0.3, -0.25) is 14.7 Å². The van der Waals surface area contributed by atoms with Crippen molar-refractivity contribution in [3.8, 4) is 5.88 Å². The Morgan fingerprint density at radius 2 is 1.88 bits per heavy atom. The van der Waals surface area contributed by atoms with E-state index in [1.54, 1.807) is 6.92 Å². The Labute approximate surface area is 237 Å². The number of amides is 1. The maximum atomic E-state index is 15.5. The number of rotatable bonds is 8. The minimum absolute atomic E-state index is 0.0891. The Bertz CT molecular complexity index is 1580. The number of aromatic nitrogens is 2. The summed E-state index contributed by atoms with van der Waals surface area (Å²) in [5, 5.41) is -0.0872. The number of nitrogens with zero attached hydrogens (tertiary/aromatic N) is 5. The van der Waals surface area contributed by atoms with Crippen molar-refractivity contribution in [1.29, 1.82) is 0 Å². The number of ether oxygens (including phenoxy) is 2. The van der Waals surface area contributed by atoms with Crippen LogP contribution in [0.15, 0.2) is 35.3 Å². The van der Waals surface area contributed by atoms with E-state index in [0.717, 1.165) is 17.0 Å². The number of methoxy groups -OCH3 is 1. The summed E-state index contributed by atoms with van der Waals surface area (Å²) in [6.45, 7) is 7.25. The summed E-state index contributed by atoms with van der Waals surface area (Å²) < 4.78 is 67.2. The number of carbonyl (C=O) groups excluding carboxylic acids is 2. The number of hydrogen-bond donors (Lipinski definition) is 0. The van der Waals surface area contributed by atoms with Crippen LogP contribution in [0.4, 0.5) is 28.9 Å². The van der Waals surface area contributed by atoms with Crippen LogP contribution in [-0.2, 0) is 33.5 Å². The van der Waals surface area contributed by atoms with Gasteiger partial charge in [0.2, 0.25) is 5.88 Å². The van der Waals surface area contributed by atoms with E-state index in [0.29, 0.717) is 6.42 Å². The van der Waals surface area contributed by atoms with Crippen molar-refractivity contribution in [3.63, 3.8) is 0 Å². The van der Waals surface area contributed by atoms with Crippen LogP contribution in [0.3, 0.4) is 0 Å². The Balaban J connectivity index is 1.84. The van der Waals surface area contributed by atoms with Crippen LogP contribution in [-0.4, -0.2) is 52.9 Å². The van der Waals surface area contributed by atoms with E-state index in [-0.39, 0.29) is 51.2 Å². The molecule has 0 unspecified atom stereocenters. The van der Waals surface area contributed by atoms with Gasteiger partial charge in [0.05, 0.1) is 30.3 Å². The van der Waals surface area contributed by atoms with Crippen LogP contribution in [0.2, 0.25) is 0 Å². The van der Waals surface area contributed by atoms with Crippen LogP contribution < -0.4 is 14.5 Å². The molecule has 2 heterocycles. The molecule has 2 aromatic carbocycles. The Kier molecular flexibility index (Phi) is 7.98. The summed E-state index contributed by atoms with van der Waals surface area (Å²) >= 11 is 5.59. The van der Waals surface area contributed by atoms with Crippen molar-refractivity contribution in [1.82, 2.24) is 9.97 Å². The average molecular weight is 592 g/mol. The highest BCUT2D eigenvalue weighted by Crippen LogP contribution is 2.41. The van der Waals surface area contributed by atoms with Gasteiger partial charge in [-0.05, 0) is 62.6 Å². The first-order valence-corrected chi connectivity index (χ1v) is 12.7. The third-order valence-corrected chi connectivity index (χ3v) is 6.85. The molecule has 9 nitrogen and oxygen atoms in total. The SMILES string of the molecule is C=NCc1ccc(N2C(=O)C(C)(C)N(c3cc(F)c4nc(CC)nc(OCC(=O)OC)c4c3)C2=S)cc1C(F)(F)F. The molecule has 0 N–H and O–H groups in total. The van der Waals surface area contributed by atoms with Gasteiger partial charge in [-0.2, -0.15) is 18.2 Å². The molecule has 0 saturated carbocycles. The molecule has 14 heteroatoms. The molecule has 1 aliphatic rings. The zero-order valence-corrected chi connectivity index (χ0v) is 23.3. The molecule has 1 amide bonds. The summed E-state index contributed by atoms with van der Waals surface area (Å²) in [7, 11) is 1.18. The standard InChI is InChI=1S/C27H25F4N5O4S/c1-6-20-33-22-17(23(34-20)40-13-21(37)39-5)9-16(11-19(22)28)36-25(41)35(24(38)26(36,2)3)15-8-7-14(12-32-4)18(10-15)27(29,30)31/h7-11H,4,6,12-13H2,1-3,5H3. The van der Waals surface area contributed by atoms with Crippen molar-refractivity contribution in [2.24, 2.45) is 4.99 Å². The molecule has 41 heavy (non-hydrogen) atoms. The zero-order valence-electron chi connectivity index (χ0n) is 22.5. The molecule has 1 fully saturated rings. The number of carbonyl (C=O) groups is 2. The smallest absolute Gasteiger partial charge is 0.416 e. The summed E-state index contributed by atoms with van der Waals surface area (Å²) in [6, 6.07) is 5.92. The molecular formula is C27H25F4N5O4S. The number of alkyl halides is 3. The number of anilines is 2. The van der Waals surface area contributed by atoms with E-state index in [1.807, 2.05) is 0 Å². The van der Waals surface area contributed by atoms with Crippen molar-refractivity contribution >= 4 is 58.2 Å². The van der Waals surface area contributed by atoms with E-state index in [9.17, 15) is 22.8 Å². The van der Waals surface area contributed by atoms with Crippen LogP contribution >= 0.6 is 12.2 Å². The van der Waals surface area contributed by atoms with Gasteiger partial charge in [-0.25, -0.2) is 14.2 Å². The fraction of sp³-hybridized carbons (Fsp3) is 0.333. The second-order valence-electron chi connectivity index (χ2n) is 9.53. The Hall–Kier alpha value is -4.20. The number of benzene rings is 2. The number of esters is 1. The Morgan fingerprint density at radius 1 is 1.17 bits per heavy atom. The van der Waals surface area contributed by atoms with E-state index in [2.05, 4.69) is 26.4 Å². The third-order valence-electron chi connectivity index (χ3n) is 6.49. The third kappa shape index (κ3) is 5.43. The first-order valence-electron chi connectivity index (χ1n) is 12.3. The number of thiocarbonyl (C=S) groups is 1. The predicted octanol–water partition coefficient (Wildman–Crippen LogP) is 5.02. The molecule has 1 saturated heterocycles. The van der Waals surface area contributed by atoms with Gasteiger partial charge >= 0.3 is 12.1 Å². The largest absolute Gasteiger partial charge is 0.466 e. The van der Waals surface area contributed by atoms with Crippen molar-refractivity contribution < 1.29 is 36.6 Å². The molecule has 1 aromatic heterocycles. The average Bonchev–Trinajstić information content (AvgIpc) is 3.09. The number of hydrogen-bond acceptors (Lipinski definition) is 8. The van der Waals surface area contributed by atoms with Gasteiger partial charge in [0.15, 0.2) is 17.5 Å². The highest BCUT2D eigenvalue weighted by molar-refractivity contribution is 7.81. The molecule has 0 radical (unpaired) electrons. The molecule has 0 atom stereocenters. The predicted molar refractivity (Wildman–Crippen MR) is 148 cm³/mol. The molecule has 0 aliphatic carbocycles. The van der Waals surface area contributed by atoms with E-state index < -0.39 is 41.6 Å². The summed E-state index contributed by atoms with van der Waals surface area (Å²) in [6.07, 6.45) is -4.38. The van der Waals surface area contributed by atoms with E-state index in [4.69, 9.17) is 17.0 Å². The Morgan fingerprint density at radius 3 is 2.49 bits per heavy atom. The summed E-state index contributed by atoms with van der Waals surface area (Å²) in [5.41, 5.74) is -2.65. The maximum Gasteiger partial charge on any atom is 0.416 e. The van der Waals surface area contributed by atoms with Crippen molar-refractivity contribution in [3.05, 3.63) is 53.1 Å². The summed E-state index contributed by atoms with van der Waals surface area (Å²) in [5.74, 6) is -1.95. The van der Waals surface area contributed by atoms with Gasteiger partial charge in [0.25, 0.3) is 5.91 Å². The fourth-order valence-corrected chi connectivity index (χ4v) is 4.98. The maximum absolute atomic E-state index is 15.5.